The summed E-state index contributed by atoms with van der Waals surface area (Å²) in [6.07, 6.45) is 2.68. The summed E-state index contributed by atoms with van der Waals surface area (Å²) in [5, 5.41) is 11.7. The molecule has 0 aromatic heterocycles. The number of hydrogen-bond donors (Lipinski definition) is 2. The van der Waals surface area contributed by atoms with E-state index >= 15 is 0 Å². The van der Waals surface area contributed by atoms with Gasteiger partial charge in [0.2, 0.25) is 0 Å². The highest BCUT2D eigenvalue weighted by atomic mass is 16.4. The Labute approximate surface area is 108 Å². The second-order valence-corrected chi connectivity index (χ2v) is 4.99. The van der Waals surface area contributed by atoms with Crippen LogP contribution in [0.25, 0.3) is 0 Å². The quantitative estimate of drug-likeness (QED) is 0.681. The highest BCUT2D eigenvalue weighted by Gasteiger charge is 2.30. The number of rotatable bonds is 7. The van der Waals surface area contributed by atoms with Crippen LogP contribution in [0.4, 0.5) is 4.79 Å². The molecule has 1 fully saturated rings. The first-order valence-corrected chi connectivity index (χ1v) is 6.36. The largest absolute Gasteiger partial charge is 0.480 e. The van der Waals surface area contributed by atoms with E-state index in [0.29, 0.717) is 25.4 Å². The Morgan fingerprint density at radius 1 is 1.50 bits per heavy atom. The highest BCUT2D eigenvalue weighted by molar-refractivity contribution is 5.82. The summed E-state index contributed by atoms with van der Waals surface area (Å²) in [4.78, 5) is 24.6. The number of nitrogens with one attached hydrogen (secondary N) is 1. The fourth-order valence-electron chi connectivity index (χ4n) is 1.80. The van der Waals surface area contributed by atoms with Gasteiger partial charge in [-0.3, -0.25) is 0 Å². The molecule has 1 aliphatic rings. The van der Waals surface area contributed by atoms with E-state index in [-0.39, 0.29) is 6.03 Å². The van der Waals surface area contributed by atoms with Crippen molar-refractivity contribution in [1.29, 1.82) is 0 Å². The van der Waals surface area contributed by atoms with Crippen LogP contribution < -0.4 is 5.32 Å². The average Bonchev–Trinajstić information content (AvgIpc) is 3.08. The number of nitrogens with zero attached hydrogens (tertiary/aromatic N) is 1. The minimum absolute atomic E-state index is 0.325. The minimum Gasteiger partial charge on any atom is -0.480 e. The molecule has 0 bridgehead atoms. The van der Waals surface area contributed by atoms with E-state index in [1.54, 1.807) is 4.90 Å². The summed E-state index contributed by atoms with van der Waals surface area (Å²) in [6.45, 7) is 8.45. The van der Waals surface area contributed by atoms with Crippen molar-refractivity contribution in [3.05, 3.63) is 12.2 Å². The van der Waals surface area contributed by atoms with E-state index in [0.717, 1.165) is 18.4 Å². The molecule has 1 saturated carbocycles. The molecule has 2 amide bonds. The first-order valence-electron chi connectivity index (χ1n) is 6.36. The van der Waals surface area contributed by atoms with Crippen LogP contribution in [0, 0.1) is 5.92 Å². The Kier molecular flexibility index (Phi) is 5.19. The van der Waals surface area contributed by atoms with E-state index < -0.39 is 12.0 Å². The van der Waals surface area contributed by atoms with Crippen LogP contribution in [0.3, 0.4) is 0 Å². The van der Waals surface area contributed by atoms with E-state index in [9.17, 15) is 9.59 Å². The zero-order chi connectivity index (χ0) is 13.7. The Bertz CT molecular complexity index is 337. The maximum Gasteiger partial charge on any atom is 0.326 e. The van der Waals surface area contributed by atoms with Crippen LogP contribution in [0.2, 0.25) is 0 Å². The lowest BCUT2D eigenvalue weighted by atomic mass is 10.1. The average molecular weight is 254 g/mol. The van der Waals surface area contributed by atoms with Crippen molar-refractivity contribution < 1.29 is 14.7 Å². The van der Waals surface area contributed by atoms with E-state index in [2.05, 4.69) is 11.9 Å². The van der Waals surface area contributed by atoms with Crippen molar-refractivity contribution >= 4 is 12.0 Å². The molecule has 0 heterocycles. The van der Waals surface area contributed by atoms with Crippen molar-refractivity contribution in [2.75, 3.05) is 13.1 Å². The van der Waals surface area contributed by atoms with Gasteiger partial charge in [0.1, 0.15) is 6.04 Å². The van der Waals surface area contributed by atoms with Gasteiger partial charge in [-0.2, -0.15) is 0 Å². The fourth-order valence-corrected chi connectivity index (χ4v) is 1.80. The molecule has 0 radical (unpaired) electrons. The molecular formula is C13H22N2O3. The number of carboxylic acids is 1. The van der Waals surface area contributed by atoms with Crippen molar-refractivity contribution in [1.82, 2.24) is 10.2 Å². The smallest absolute Gasteiger partial charge is 0.326 e. The van der Waals surface area contributed by atoms with E-state index in [1.807, 2.05) is 13.8 Å². The molecule has 5 heteroatoms. The van der Waals surface area contributed by atoms with Gasteiger partial charge in [0.05, 0.1) is 0 Å². The van der Waals surface area contributed by atoms with Crippen LogP contribution in [0.5, 0.6) is 0 Å². The van der Waals surface area contributed by atoms with Gasteiger partial charge < -0.3 is 15.3 Å². The monoisotopic (exact) mass is 254 g/mol. The molecule has 18 heavy (non-hydrogen) atoms. The molecule has 102 valence electrons. The molecule has 0 spiro atoms. The van der Waals surface area contributed by atoms with Crippen molar-refractivity contribution in [3.8, 4) is 0 Å². The number of amides is 2. The number of aliphatic carboxylic acids is 1. The molecule has 0 aromatic carbocycles. The van der Waals surface area contributed by atoms with Gasteiger partial charge in [0.15, 0.2) is 0 Å². The molecule has 0 aromatic rings. The van der Waals surface area contributed by atoms with Crippen LogP contribution in [-0.2, 0) is 4.79 Å². The topological polar surface area (TPSA) is 69.6 Å². The predicted molar refractivity (Wildman–Crippen MR) is 69.4 cm³/mol. The second-order valence-electron chi connectivity index (χ2n) is 4.99. The fraction of sp³-hybridized carbons (Fsp3) is 0.692. The van der Waals surface area contributed by atoms with E-state index in [4.69, 9.17) is 5.11 Å². The molecule has 2 N–H and O–H groups in total. The Morgan fingerprint density at radius 3 is 2.50 bits per heavy atom. The Hall–Kier alpha value is -1.52. The summed E-state index contributed by atoms with van der Waals surface area (Å²) in [5.41, 5.74) is 0.876. The molecule has 0 aliphatic heterocycles. The molecule has 1 aliphatic carbocycles. The summed E-state index contributed by atoms with van der Waals surface area (Å²) in [7, 11) is 0. The maximum atomic E-state index is 11.9. The second kappa shape index (κ2) is 6.42. The van der Waals surface area contributed by atoms with Crippen LogP contribution in [0.1, 0.15) is 33.1 Å². The minimum atomic E-state index is -0.957. The van der Waals surface area contributed by atoms with Crippen molar-refractivity contribution in [2.24, 2.45) is 5.92 Å². The maximum absolute atomic E-state index is 11.9. The van der Waals surface area contributed by atoms with Gasteiger partial charge >= 0.3 is 12.0 Å². The Morgan fingerprint density at radius 2 is 2.11 bits per heavy atom. The van der Waals surface area contributed by atoms with Crippen molar-refractivity contribution in [2.45, 2.75) is 39.2 Å². The third-order valence-corrected chi connectivity index (χ3v) is 2.99. The Balaban J connectivity index is 2.52. The molecule has 0 unspecified atom stereocenters. The molecule has 1 atom stereocenters. The van der Waals surface area contributed by atoms with Gasteiger partial charge in [0.25, 0.3) is 0 Å². The lowest BCUT2D eigenvalue weighted by Crippen LogP contribution is -2.48. The predicted octanol–water partition coefficient (Wildman–Crippen LogP) is 1.85. The first-order chi connectivity index (χ1) is 8.43. The number of carbonyl (C=O) groups excluding carboxylic acids is 1. The van der Waals surface area contributed by atoms with E-state index in [1.165, 1.54) is 0 Å². The number of hydrogen-bond acceptors (Lipinski definition) is 2. The number of carboxylic acid groups (broad SMARTS) is 1. The number of likely N-dealkylation sites (N-methyl/N-ethyl adjacent to an activating group) is 1. The molecule has 5 nitrogen and oxygen atoms in total. The van der Waals surface area contributed by atoms with Gasteiger partial charge in [-0.05, 0) is 26.2 Å². The third kappa shape index (κ3) is 4.77. The van der Waals surface area contributed by atoms with Gasteiger partial charge in [0, 0.05) is 13.1 Å². The first kappa shape index (κ1) is 14.5. The van der Waals surface area contributed by atoms with Gasteiger partial charge in [-0.25, -0.2) is 9.59 Å². The lowest BCUT2D eigenvalue weighted by Gasteiger charge is -2.24. The normalized spacial score (nSPS) is 15.9. The standard InChI is InChI=1S/C13H22N2O3/c1-4-15(8-9(2)3)13(18)14-11(12(16)17)7-10-5-6-10/h10-11H,2,4-8H2,1,3H3,(H,14,18)(H,16,17)/t11-/m0/s1. The van der Waals surface area contributed by atoms with Gasteiger partial charge in [-0.15, -0.1) is 0 Å². The summed E-state index contributed by atoms with van der Waals surface area (Å²) in [5.74, 6) is -0.496. The van der Waals surface area contributed by atoms with Gasteiger partial charge in [-0.1, -0.05) is 25.0 Å². The van der Waals surface area contributed by atoms with Crippen LogP contribution in [0.15, 0.2) is 12.2 Å². The van der Waals surface area contributed by atoms with Crippen LogP contribution >= 0.6 is 0 Å². The number of carbonyl (C=O) groups is 2. The SMILES string of the molecule is C=C(C)CN(CC)C(=O)N[C@@H](CC1CC1)C(=O)O. The van der Waals surface area contributed by atoms with Crippen molar-refractivity contribution in [3.63, 3.8) is 0 Å². The summed E-state index contributed by atoms with van der Waals surface area (Å²) >= 11 is 0. The molecule has 0 saturated heterocycles. The third-order valence-electron chi connectivity index (χ3n) is 2.99. The summed E-state index contributed by atoms with van der Waals surface area (Å²) < 4.78 is 0. The summed E-state index contributed by atoms with van der Waals surface area (Å²) in [6, 6.07) is -1.10. The molecule has 1 rings (SSSR count). The molecular weight excluding hydrogens is 232 g/mol. The lowest BCUT2D eigenvalue weighted by molar-refractivity contribution is -0.139. The number of urea groups is 1. The zero-order valence-electron chi connectivity index (χ0n) is 11.1. The highest BCUT2D eigenvalue weighted by Crippen LogP contribution is 2.33. The van der Waals surface area contributed by atoms with Crippen LogP contribution in [-0.4, -0.2) is 41.1 Å². The zero-order valence-corrected chi connectivity index (χ0v) is 11.1.